The third kappa shape index (κ3) is 3.18. The van der Waals surface area contributed by atoms with Crippen LogP contribution in [-0.4, -0.2) is 16.8 Å². The van der Waals surface area contributed by atoms with Crippen molar-refractivity contribution in [3.8, 4) is 0 Å². The van der Waals surface area contributed by atoms with Crippen molar-refractivity contribution in [2.24, 2.45) is 5.41 Å². The first kappa shape index (κ1) is 12.5. The molecule has 0 atom stereocenters. The van der Waals surface area contributed by atoms with Crippen LogP contribution in [0.2, 0.25) is 0 Å². The number of carbonyl (C=O) groups is 1. The van der Waals surface area contributed by atoms with Crippen molar-refractivity contribution in [3.63, 3.8) is 0 Å². The molecule has 0 saturated carbocycles. The molecule has 0 aliphatic carbocycles. The second kappa shape index (κ2) is 4.94. The Bertz CT molecular complexity index is 368. The van der Waals surface area contributed by atoms with Crippen molar-refractivity contribution >= 4 is 39.1 Å². The van der Waals surface area contributed by atoms with Gasteiger partial charge in [-0.1, -0.05) is 0 Å². The summed E-state index contributed by atoms with van der Waals surface area (Å²) in [6.45, 7) is 3.59. The van der Waals surface area contributed by atoms with Gasteiger partial charge in [-0.15, -0.1) is 11.6 Å². The van der Waals surface area contributed by atoms with Crippen LogP contribution in [0.5, 0.6) is 0 Å². The summed E-state index contributed by atoms with van der Waals surface area (Å²) in [4.78, 5) is 15.7. The fourth-order valence-electron chi connectivity index (χ4n) is 0.829. The van der Waals surface area contributed by atoms with Crippen LogP contribution in [0.15, 0.2) is 22.9 Å². The van der Waals surface area contributed by atoms with E-state index in [1.165, 1.54) is 0 Å². The maximum atomic E-state index is 11.8. The lowest BCUT2D eigenvalue weighted by Crippen LogP contribution is -2.32. The van der Waals surface area contributed by atoms with Gasteiger partial charge in [-0.05, 0) is 35.8 Å². The monoisotopic (exact) mass is 290 g/mol. The predicted molar refractivity (Wildman–Crippen MR) is 65.1 cm³/mol. The summed E-state index contributed by atoms with van der Waals surface area (Å²) < 4.78 is 0.753. The molecule has 0 aliphatic heterocycles. The molecule has 1 rings (SSSR count). The minimum absolute atomic E-state index is 0.107. The average molecular weight is 292 g/mol. The molecule has 1 heterocycles. The quantitative estimate of drug-likeness (QED) is 0.870. The fraction of sp³-hybridized carbons (Fsp3) is 0.400. The highest BCUT2D eigenvalue weighted by molar-refractivity contribution is 9.10. The molecule has 0 fully saturated rings. The number of amides is 1. The molecule has 0 radical (unpaired) electrons. The summed E-state index contributed by atoms with van der Waals surface area (Å²) in [5.74, 6) is 0.172. The largest absolute Gasteiger partial charge is 0.324 e. The molecule has 1 aromatic rings. The third-order valence-electron chi connectivity index (χ3n) is 1.97. The fourth-order valence-corrected chi connectivity index (χ4v) is 1.30. The minimum Gasteiger partial charge on any atom is -0.324 e. The zero-order chi connectivity index (χ0) is 11.5. The molecule has 0 aliphatic rings. The number of anilines is 1. The number of nitrogens with one attached hydrogen (secondary N) is 1. The minimum atomic E-state index is -0.579. The van der Waals surface area contributed by atoms with Crippen molar-refractivity contribution in [1.82, 2.24) is 4.98 Å². The molecule has 0 spiro atoms. The van der Waals surface area contributed by atoms with Crippen molar-refractivity contribution in [1.29, 1.82) is 0 Å². The maximum absolute atomic E-state index is 11.8. The number of aromatic nitrogens is 1. The molecule has 0 bridgehead atoms. The maximum Gasteiger partial charge on any atom is 0.231 e. The van der Waals surface area contributed by atoms with Crippen LogP contribution in [0.1, 0.15) is 13.8 Å². The van der Waals surface area contributed by atoms with E-state index in [9.17, 15) is 4.79 Å². The molecule has 0 aromatic carbocycles. The number of halogens is 2. The highest BCUT2D eigenvalue weighted by atomic mass is 79.9. The topological polar surface area (TPSA) is 42.0 Å². The van der Waals surface area contributed by atoms with Gasteiger partial charge < -0.3 is 5.32 Å². The van der Waals surface area contributed by atoms with E-state index in [0.29, 0.717) is 5.69 Å². The summed E-state index contributed by atoms with van der Waals surface area (Å²) in [5, 5.41) is 2.79. The van der Waals surface area contributed by atoms with Gasteiger partial charge in [-0.2, -0.15) is 0 Å². The molecule has 3 nitrogen and oxygen atoms in total. The number of hydrogen-bond acceptors (Lipinski definition) is 2. The second-order valence-corrected chi connectivity index (χ2v) is 4.95. The Morgan fingerprint density at radius 1 is 1.67 bits per heavy atom. The molecular weight excluding hydrogens is 279 g/mol. The number of pyridine rings is 1. The first-order valence-electron chi connectivity index (χ1n) is 4.44. The van der Waals surface area contributed by atoms with Crippen molar-refractivity contribution in [3.05, 3.63) is 22.9 Å². The van der Waals surface area contributed by atoms with Crippen LogP contribution in [0.3, 0.4) is 0 Å². The molecule has 0 unspecified atom stereocenters. The van der Waals surface area contributed by atoms with E-state index >= 15 is 0 Å². The van der Waals surface area contributed by atoms with Crippen LogP contribution in [0.4, 0.5) is 5.69 Å². The van der Waals surface area contributed by atoms with Gasteiger partial charge in [0, 0.05) is 18.3 Å². The highest BCUT2D eigenvalue weighted by Crippen LogP contribution is 2.24. The van der Waals surface area contributed by atoms with Gasteiger partial charge in [0.05, 0.1) is 15.6 Å². The van der Waals surface area contributed by atoms with Gasteiger partial charge in [0.2, 0.25) is 5.91 Å². The highest BCUT2D eigenvalue weighted by Gasteiger charge is 2.26. The smallest absolute Gasteiger partial charge is 0.231 e. The molecule has 82 valence electrons. The van der Waals surface area contributed by atoms with E-state index in [2.05, 4.69) is 26.2 Å². The Kier molecular flexibility index (Phi) is 4.11. The van der Waals surface area contributed by atoms with Gasteiger partial charge >= 0.3 is 0 Å². The zero-order valence-electron chi connectivity index (χ0n) is 8.55. The lowest BCUT2D eigenvalue weighted by molar-refractivity contribution is -0.122. The zero-order valence-corrected chi connectivity index (χ0v) is 10.9. The van der Waals surface area contributed by atoms with Gasteiger partial charge in [0.1, 0.15) is 0 Å². The van der Waals surface area contributed by atoms with Crippen LogP contribution in [0, 0.1) is 5.41 Å². The lowest BCUT2D eigenvalue weighted by Gasteiger charge is -2.20. The normalized spacial score (nSPS) is 11.2. The standard InChI is InChI=1S/C10H12BrClN2O/c1-10(2,6-12)9(15)14-8-3-4-13-5-7(8)11/h3-5H,6H2,1-2H3,(H,13,14,15). The molecule has 5 heteroatoms. The number of carbonyl (C=O) groups excluding carboxylic acids is 1. The number of nitrogens with zero attached hydrogens (tertiary/aromatic N) is 1. The van der Waals surface area contributed by atoms with Crippen molar-refractivity contribution in [2.75, 3.05) is 11.2 Å². The molecule has 1 aromatic heterocycles. The number of rotatable bonds is 3. The average Bonchev–Trinajstić information content (AvgIpc) is 2.21. The molecule has 15 heavy (non-hydrogen) atoms. The first-order valence-corrected chi connectivity index (χ1v) is 5.77. The van der Waals surface area contributed by atoms with Crippen molar-refractivity contribution in [2.45, 2.75) is 13.8 Å². The Morgan fingerprint density at radius 3 is 2.87 bits per heavy atom. The Balaban J connectivity index is 2.80. The van der Waals surface area contributed by atoms with E-state index in [1.54, 1.807) is 32.3 Å². The second-order valence-electron chi connectivity index (χ2n) is 3.83. The van der Waals surface area contributed by atoms with Crippen LogP contribution in [-0.2, 0) is 4.79 Å². The molecule has 0 saturated heterocycles. The summed E-state index contributed by atoms with van der Waals surface area (Å²) >= 11 is 9.01. The van der Waals surface area contributed by atoms with Gasteiger partial charge in [-0.25, -0.2) is 0 Å². The van der Waals surface area contributed by atoms with Crippen LogP contribution < -0.4 is 5.32 Å². The van der Waals surface area contributed by atoms with Gasteiger partial charge in [-0.3, -0.25) is 9.78 Å². The van der Waals surface area contributed by atoms with Gasteiger partial charge in [0.25, 0.3) is 0 Å². The molecule has 1 amide bonds. The van der Waals surface area contributed by atoms with E-state index in [1.807, 2.05) is 0 Å². The first-order chi connectivity index (χ1) is 6.97. The van der Waals surface area contributed by atoms with E-state index in [4.69, 9.17) is 11.6 Å². The number of alkyl halides is 1. The lowest BCUT2D eigenvalue weighted by atomic mass is 9.95. The summed E-state index contributed by atoms with van der Waals surface area (Å²) in [6.07, 6.45) is 3.25. The summed E-state index contributed by atoms with van der Waals surface area (Å²) in [7, 11) is 0. The predicted octanol–water partition coefficient (Wildman–Crippen LogP) is 3.05. The van der Waals surface area contributed by atoms with E-state index < -0.39 is 5.41 Å². The van der Waals surface area contributed by atoms with Gasteiger partial charge in [0.15, 0.2) is 0 Å². The number of hydrogen-bond donors (Lipinski definition) is 1. The molecule has 1 N–H and O–H groups in total. The van der Waals surface area contributed by atoms with E-state index in [0.717, 1.165) is 4.47 Å². The van der Waals surface area contributed by atoms with Crippen LogP contribution in [0.25, 0.3) is 0 Å². The summed E-state index contributed by atoms with van der Waals surface area (Å²) in [5.41, 5.74) is 0.123. The SMILES string of the molecule is CC(C)(CCl)C(=O)Nc1ccncc1Br. The Morgan fingerprint density at radius 2 is 2.33 bits per heavy atom. The van der Waals surface area contributed by atoms with E-state index in [-0.39, 0.29) is 11.8 Å². The Hall–Kier alpha value is -0.610. The molecular formula is C10H12BrClN2O. The summed E-state index contributed by atoms with van der Waals surface area (Å²) in [6, 6.07) is 1.73. The van der Waals surface area contributed by atoms with Crippen LogP contribution >= 0.6 is 27.5 Å². The third-order valence-corrected chi connectivity index (χ3v) is 3.27. The Labute approximate surface area is 102 Å². The van der Waals surface area contributed by atoms with Crippen molar-refractivity contribution < 1.29 is 4.79 Å².